The molecule has 98 valence electrons. The Hall–Kier alpha value is -2.93. The number of rotatable bonds is 3. The smallest absolute Gasteiger partial charge is 0.246 e. The third kappa shape index (κ3) is 2.17. The molecule has 4 heteroatoms. The molecular weight excluding hydrogens is 254 g/mol. The van der Waals surface area contributed by atoms with Crippen LogP contribution in [0, 0.1) is 11.3 Å². The van der Waals surface area contributed by atoms with Crippen molar-refractivity contribution >= 4 is 11.0 Å². The Morgan fingerprint density at radius 1 is 1.10 bits per heavy atom. The van der Waals surface area contributed by atoms with Crippen LogP contribution >= 0.6 is 0 Å². The van der Waals surface area contributed by atoms with Crippen LogP contribution in [0.4, 0.5) is 0 Å². The van der Waals surface area contributed by atoms with Crippen LogP contribution in [0.2, 0.25) is 0 Å². The molecule has 0 saturated carbocycles. The van der Waals surface area contributed by atoms with Crippen LogP contribution in [0.1, 0.15) is 11.3 Å². The third-order valence-corrected chi connectivity index (χ3v) is 2.97. The molecule has 0 fully saturated rings. The molecule has 3 rings (SSSR count). The number of benzene rings is 2. The summed E-state index contributed by atoms with van der Waals surface area (Å²) >= 11 is 0. The summed E-state index contributed by atoms with van der Waals surface area (Å²) in [6, 6.07) is 16.1. The fourth-order valence-electron chi connectivity index (χ4n) is 1.99. The zero-order valence-electron chi connectivity index (χ0n) is 10.5. The van der Waals surface area contributed by atoms with Crippen molar-refractivity contribution < 1.29 is 14.3 Å². The lowest BCUT2D eigenvalue weighted by Crippen LogP contribution is -1.95. The first-order chi connectivity index (χ1) is 9.78. The lowest BCUT2D eigenvalue weighted by Gasteiger charge is -2.05. The van der Waals surface area contributed by atoms with Gasteiger partial charge in [-0.25, -0.2) is 0 Å². The summed E-state index contributed by atoms with van der Waals surface area (Å²) in [5.74, 6) is 0.835. The van der Waals surface area contributed by atoms with E-state index in [4.69, 9.17) is 14.4 Å². The molecule has 4 nitrogen and oxygen atoms in total. The van der Waals surface area contributed by atoms with Crippen molar-refractivity contribution in [1.82, 2.24) is 0 Å². The number of furan rings is 1. The van der Waals surface area contributed by atoms with Crippen molar-refractivity contribution in [2.45, 2.75) is 6.61 Å². The van der Waals surface area contributed by atoms with Crippen molar-refractivity contribution in [1.29, 1.82) is 5.26 Å². The number of nitriles is 1. The van der Waals surface area contributed by atoms with E-state index in [1.54, 1.807) is 30.3 Å². The topological polar surface area (TPSA) is 66.4 Å². The van der Waals surface area contributed by atoms with Gasteiger partial charge in [-0.1, -0.05) is 24.3 Å². The second-order valence-corrected chi connectivity index (χ2v) is 4.32. The Morgan fingerprint density at radius 2 is 1.85 bits per heavy atom. The summed E-state index contributed by atoms with van der Waals surface area (Å²) in [7, 11) is 0. The maximum atomic E-state index is 9.23. The quantitative estimate of drug-likeness (QED) is 0.785. The number of phenols is 1. The van der Waals surface area contributed by atoms with Gasteiger partial charge in [-0.3, -0.25) is 0 Å². The molecule has 0 bridgehead atoms. The number of aromatic hydroxyl groups is 1. The lowest BCUT2D eigenvalue weighted by molar-refractivity contribution is 0.303. The Balaban J connectivity index is 1.90. The Kier molecular flexibility index (Phi) is 3.02. The number of phenolic OH excluding ortho intramolecular Hbond substituents is 1. The normalized spacial score (nSPS) is 10.3. The van der Waals surface area contributed by atoms with Gasteiger partial charge in [0, 0.05) is 0 Å². The SMILES string of the molecule is N#Cc1oc2ccccc2c1OCc1ccc(O)cc1. The molecule has 0 aliphatic rings. The van der Waals surface area contributed by atoms with Crippen LogP contribution in [-0.2, 0) is 6.61 Å². The Morgan fingerprint density at radius 3 is 2.60 bits per heavy atom. The standard InChI is InChI=1S/C16H11NO3/c17-9-15-16(13-3-1-2-4-14(13)20-15)19-10-11-5-7-12(18)8-6-11/h1-8,18H,10H2. The number of nitrogens with zero attached hydrogens (tertiary/aromatic N) is 1. The highest BCUT2D eigenvalue weighted by Gasteiger charge is 2.14. The first-order valence-corrected chi connectivity index (χ1v) is 6.10. The largest absolute Gasteiger partial charge is 0.508 e. The maximum absolute atomic E-state index is 9.23. The maximum Gasteiger partial charge on any atom is 0.246 e. The van der Waals surface area contributed by atoms with Gasteiger partial charge in [0.25, 0.3) is 0 Å². The summed E-state index contributed by atoms with van der Waals surface area (Å²) in [5.41, 5.74) is 1.53. The molecule has 2 aromatic carbocycles. The van der Waals surface area contributed by atoms with Crippen LogP contribution < -0.4 is 4.74 Å². The van der Waals surface area contributed by atoms with Gasteiger partial charge in [0.05, 0.1) is 5.39 Å². The van der Waals surface area contributed by atoms with Gasteiger partial charge in [-0.05, 0) is 29.8 Å². The molecule has 0 spiro atoms. The highest BCUT2D eigenvalue weighted by molar-refractivity contribution is 5.86. The fraction of sp³-hybridized carbons (Fsp3) is 0.0625. The minimum absolute atomic E-state index is 0.171. The molecule has 0 amide bonds. The van der Waals surface area contributed by atoms with Gasteiger partial charge in [0.1, 0.15) is 24.0 Å². The molecule has 1 heterocycles. The molecule has 0 atom stereocenters. The molecule has 0 saturated heterocycles. The second-order valence-electron chi connectivity index (χ2n) is 4.32. The van der Waals surface area contributed by atoms with Crippen molar-refractivity contribution in [2.24, 2.45) is 0 Å². The number of hydrogen-bond acceptors (Lipinski definition) is 4. The predicted octanol–water partition coefficient (Wildman–Crippen LogP) is 3.59. The number of para-hydroxylation sites is 1. The minimum Gasteiger partial charge on any atom is -0.508 e. The summed E-state index contributed by atoms with van der Waals surface area (Å²) in [6.07, 6.45) is 0. The average molecular weight is 265 g/mol. The summed E-state index contributed by atoms with van der Waals surface area (Å²) in [6.45, 7) is 0.304. The zero-order valence-corrected chi connectivity index (χ0v) is 10.5. The summed E-state index contributed by atoms with van der Waals surface area (Å²) in [5, 5.41) is 19.1. The van der Waals surface area contributed by atoms with Gasteiger partial charge in [-0.2, -0.15) is 5.26 Å². The lowest BCUT2D eigenvalue weighted by atomic mass is 10.2. The minimum atomic E-state index is 0.171. The number of hydrogen-bond donors (Lipinski definition) is 1. The second kappa shape index (κ2) is 4.98. The van der Waals surface area contributed by atoms with E-state index < -0.39 is 0 Å². The van der Waals surface area contributed by atoms with Crippen molar-refractivity contribution in [3.05, 3.63) is 59.9 Å². The van der Waals surface area contributed by atoms with E-state index in [1.807, 2.05) is 24.3 Å². The highest BCUT2D eigenvalue weighted by Crippen LogP contribution is 2.33. The van der Waals surface area contributed by atoms with E-state index in [0.717, 1.165) is 10.9 Å². The fourth-order valence-corrected chi connectivity index (χ4v) is 1.99. The van der Waals surface area contributed by atoms with Gasteiger partial charge >= 0.3 is 0 Å². The Bertz CT molecular complexity index is 782. The molecule has 1 N–H and O–H groups in total. The molecule has 0 aliphatic carbocycles. The van der Waals surface area contributed by atoms with Crippen LogP contribution in [-0.4, -0.2) is 5.11 Å². The molecule has 20 heavy (non-hydrogen) atoms. The molecule has 0 radical (unpaired) electrons. The van der Waals surface area contributed by atoms with E-state index in [9.17, 15) is 5.11 Å². The molecular formula is C16H11NO3. The molecule has 0 unspecified atom stereocenters. The third-order valence-electron chi connectivity index (χ3n) is 2.97. The van der Waals surface area contributed by atoms with Crippen LogP contribution in [0.3, 0.4) is 0 Å². The predicted molar refractivity (Wildman–Crippen MR) is 73.4 cm³/mol. The summed E-state index contributed by atoms with van der Waals surface area (Å²) < 4.78 is 11.1. The van der Waals surface area contributed by atoms with E-state index in [-0.39, 0.29) is 11.5 Å². The summed E-state index contributed by atoms with van der Waals surface area (Å²) in [4.78, 5) is 0. The highest BCUT2D eigenvalue weighted by atomic mass is 16.5. The van der Waals surface area contributed by atoms with Crippen molar-refractivity contribution in [2.75, 3.05) is 0 Å². The molecule has 1 aromatic heterocycles. The van der Waals surface area contributed by atoms with E-state index in [0.29, 0.717) is 17.9 Å². The van der Waals surface area contributed by atoms with Gasteiger partial charge in [0.2, 0.25) is 5.76 Å². The van der Waals surface area contributed by atoms with Gasteiger partial charge in [-0.15, -0.1) is 0 Å². The number of ether oxygens (including phenoxy) is 1. The van der Waals surface area contributed by atoms with Crippen LogP contribution in [0.15, 0.2) is 52.9 Å². The van der Waals surface area contributed by atoms with Gasteiger partial charge in [0.15, 0.2) is 5.75 Å². The van der Waals surface area contributed by atoms with Crippen LogP contribution in [0.5, 0.6) is 11.5 Å². The number of fused-ring (bicyclic) bond motifs is 1. The molecule has 0 aliphatic heterocycles. The van der Waals surface area contributed by atoms with E-state index in [1.165, 1.54) is 0 Å². The first-order valence-electron chi connectivity index (χ1n) is 6.10. The van der Waals surface area contributed by atoms with Crippen molar-refractivity contribution in [3.8, 4) is 17.6 Å². The van der Waals surface area contributed by atoms with Gasteiger partial charge < -0.3 is 14.3 Å². The first kappa shape index (κ1) is 12.1. The van der Waals surface area contributed by atoms with Crippen molar-refractivity contribution in [3.63, 3.8) is 0 Å². The Labute approximate surface area is 115 Å². The zero-order chi connectivity index (χ0) is 13.9. The van der Waals surface area contributed by atoms with Crippen LogP contribution in [0.25, 0.3) is 11.0 Å². The average Bonchev–Trinajstić information content (AvgIpc) is 2.84. The van der Waals surface area contributed by atoms with E-state index >= 15 is 0 Å². The molecule has 3 aromatic rings. The monoisotopic (exact) mass is 265 g/mol. The van der Waals surface area contributed by atoms with E-state index in [2.05, 4.69) is 0 Å².